The molecule has 1 aliphatic carbocycles. The Labute approximate surface area is 202 Å². The predicted octanol–water partition coefficient (Wildman–Crippen LogP) is 8.97. The molecule has 0 spiro atoms. The molecule has 0 radical (unpaired) electrons. The Morgan fingerprint density at radius 1 is 0.629 bits per heavy atom. The summed E-state index contributed by atoms with van der Waals surface area (Å²) in [5.41, 5.74) is 0.440. The van der Waals surface area contributed by atoms with E-state index in [1.165, 1.54) is 31.2 Å². The highest BCUT2D eigenvalue weighted by atomic mass is 19.2. The second kappa shape index (κ2) is 10.5. The van der Waals surface area contributed by atoms with Crippen molar-refractivity contribution in [2.24, 2.45) is 5.92 Å². The van der Waals surface area contributed by atoms with Crippen LogP contribution in [0.25, 0.3) is 11.1 Å². The number of halogens is 6. The third-order valence-electron chi connectivity index (χ3n) is 7.41. The fourth-order valence-corrected chi connectivity index (χ4v) is 5.16. The van der Waals surface area contributed by atoms with Crippen molar-refractivity contribution in [3.05, 3.63) is 93.6 Å². The van der Waals surface area contributed by atoms with E-state index in [4.69, 9.17) is 0 Å². The number of hydrogen-bond acceptors (Lipinski definition) is 0. The lowest BCUT2D eigenvalue weighted by molar-refractivity contribution is 0.303. The lowest BCUT2D eigenvalue weighted by atomic mass is 9.76. The van der Waals surface area contributed by atoms with Crippen LogP contribution in [-0.4, -0.2) is 0 Å². The number of aryl methyl sites for hydroxylation is 3. The van der Waals surface area contributed by atoms with E-state index in [1.807, 2.05) is 0 Å². The lowest BCUT2D eigenvalue weighted by Crippen LogP contribution is -2.16. The zero-order valence-electron chi connectivity index (χ0n) is 19.8. The van der Waals surface area contributed by atoms with Crippen LogP contribution in [0.15, 0.2) is 36.4 Å². The molecule has 0 aliphatic heterocycles. The number of benzene rings is 3. The molecule has 0 nitrogen and oxygen atoms in total. The van der Waals surface area contributed by atoms with E-state index in [9.17, 15) is 26.3 Å². The van der Waals surface area contributed by atoms with E-state index in [0.29, 0.717) is 31.2 Å². The third kappa shape index (κ3) is 4.98. The van der Waals surface area contributed by atoms with E-state index in [-0.39, 0.29) is 46.1 Å². The van der Waals surface area contributed by atoms with Gasteiger partial charge in [-0.1, -0.05) is 43.3 Å². The quantitative estimate of drug-likeness (QED) is 0.303. The first-order chi connectivity index (χ1) is 16.7. The summed E-state index contributed by atoms with van der Waals surface area (Å²) in [6.07, 6.45) is 4.21. The maximum Gasteiger partial charge on any atom is 0.167 e. The second-order valence-electron chi connectivity index (χ2n) is 9.51. The Hall–Kier alpha value is -2.76. The molecule has 1 saturated carbocycles. The zero-order chi connectivity index (χ0) is 25.3. The molecule has 0 amide bonds. The van der Waals surface area contributed by atoms with Crippen LogP contribution in [0.2, 0.25) is 0 Å². The maximum atomic E-state index is 14.8. The Bertz CT molecular complexity index is 1220. The van der Waals surface area contributed by atoms with Crippen molar-refractivity contribution in [2.75, 3.05) is 0 Å². The fraction of sp³-hybridized carbons (Fsp3) is 0.379. The van der Waals surface area contributed by atoms with E-state index in [2.05, 4.69) is 0 Å². The van der Waals surface area contributed by atoms with Gasteiger partial charge in [0.25, 0.3) is 0 Å². The molecule has 0 unspecified atom stereocenters. The Kier molecular flexibility index (Phi) is 7.58. The van der Waals surface area contributed by atoms with Crippen LogP contribution in [0.4, 0.5) is 26.3 Å². The summed E-state index contributed by atoms with van der Waals surface area (Å²) in [5, 5.41) is 0. The van der Waals surface area contributed by atoms with Crippen molar-refractivity contribution in [1.82, 2.24) is 0 Å². The van der Waals surface area contributed by atoms with E-state index >= 15 is 0 Å². The van der Waals surface area contributed by atoms with Gasteiger partial charge in [-0.25, -0.2) is 26.3 Å². The minimum absolute atomic E-state index is 0.0517. The highest BCUT2D eigenvalue weighted by molar-refractivity contribution is 5.66. The number of rotatable bonds is 6. The molecule has 0 saturated heterocycles. The summed E-state index contributed by atoms with van der Waals surface area (Å²) in [5.74, 6) is -5.82. The molecule has 0 aromatic heterocycles. The minimum atomic E-state index is -1.19. The Morgan fingerprint density at radius 3 is 1.80 bits per heavy atom. The lowest BCUT2D eigenvalue weighted by Gasteiger charge is -2.29. The Balaban J connectivity index is 1.41. The first kappa shape index (κ1) is 25.3. The maximum absolute atomic E-state index is 14.8. The Morgan fingerprint density at radius 2 is 1.20 bits per heavy atom. The van der Waals surface area contributed by atoms with Gasteiger partial charge >= 0.3 is 0 Å². The van der Waals surface area contributed by atoms with E-state index < -0.39 is 34.9 Å². The molecule has 0 heterocycles. The van der Waals surface area contributed by atoms with Gasteiger partial charge in [-0.2, -0.15) is 0 Å². The van der Waals surface area contributed by atoms with Crippen LogP contribution < -0.4 is 0 Å². The average Bonchev–Trinajstić information content (AvgIpc) is 2.86. The monoisotopic (exact) mass is 490 g/mol. The third-order valence-corrected chi connectivity index (χ3v) is 7.41. The van der Waals surface area contributed by atoms with Crippen molar-refractivity contribution in [2.45, 2.75) is 64.7 Å². The highest BCUT2D eigenvalue weighted by Crippen LogP contribution is 2.39. The van der Waals surface area contributed by atoms with Crippen molar-refractivity contribution in [3.63, 3.8) is 0 Å². The zero-order valence-corrected chi connectivity index (χ0v) is 19.8. The molecule has 4 rings (SSSR count). The van der Waals surface area contributed by atoms with Gasteiger partial charge in [-0.05, 0) is 86.0 Å². The predicted molar refractivity (Wildman–Crippen MR) is 125 cm³/mol. The van der Waals surface area contributed by atoms with Gasteiger partial charge in [-0.3, -0.25) is 0 Å². The highest BCUT2D eigenvalue weighted by Gasteiger charge is 2.27. The summed E-state index contributed by atoms with van der Waals surface area (Å²) in [6, 6.07) is 8.63. The molecule has 3 aromatic rings. The molecular formula is C29H28F6. The smallest absolute Gasteiger partial charge is 0.167 e. The van der Waals surface area contributed by atoms with Crippen LogP contribution in [0.1, 0.15) is 67.2 Å². The average molecular weight is 491 g/mol. The molecule has 0 bridgehead atoms. The first-order valence-electron chi connectivity index (χ1n) is 12.1. The van der Waals surface area contributed by atoms with Crippen LogP contribution in [0.3, 0.4) is 0 Å². The van der Waals surface area contributed by atoms with Crippen molar-refractivity contribution >= 4 is 0 Å². The molecular weight excluding hydrogens is 462 g/mol. The van der Waals surface area contributed by atoms with Crippen molar-refractivity contribution < 1.29 is 26.3 Å². The summed E-state index contributed by atoms with van der Waals surface area (Å²) in [7, 11) is 0. The molecule has 35 heavy (non-hydrogen) atoms. The van der Waals surface area contributed by atoms with Gasteiger partial charge in [0, 0.05) is 11.1 Å². The van der Waals surface area contributed by atoms with Crippen molar-refractivity contribution in [3.8, 4) is 11.1 Å². The van der Waals surface area contributed by atoms with Crippen LogP contribution in [-0.2, 0) is 12.8 Å². The SMILES string of the molecule is CCc1ccc(-c2ccc(CCC3CCC(c4ccc(C)c(F)c4F)CC3)c(F)c2F)c(F)c1F. The van der Waals surface area contributed by atoms with Gasteiger partial charge in [0.15, 0.2) is 34.9 Å². The fourth-order valence-electron chi connectivity index (χ4n) is 5.16. The van der Waals surface area contributed by atoms with E-state index in [1.54, 1.807) is 19.1 Å². The molecule has 1 aliphatic rings. The van der Waals surface area contributed by atoms with Crippen LogP contribution in [0.5, 0.6) is 0 Å². The van der Waals surface area contributed by atoms with Crippen LogP contribution >= 0.6 is 0 Å². The topological polar surface area (TPSA) is 0 Å². The van der Waals surface area contributed by atoms with E-state index in [0.717, 1.165) is 12.8 Å². The first-order valence-corrected chi connectivity index (χ1v) is 12.1. The summed E-state index contributed by atoms with van der Waals surface area (Å²) in [4.78, 5) is 0. The van der Waals surface area contributed by atoms with Crippen molar-refractivity contribution in [1.29, 1.82) is 0 Å². The summed E-state index contributed by atoms with van der Waals surface area (Å²) < 4.78 is 86.5. The summed E-state index contributed by atoms with van der Waals surface area (Å²) in [6.45, 7) is 3.21. The minimum Gasteiger partial charge on any atom is -0.203 e. The standard InChI is InChI=1S/C29H28F6/c1-3-18-11-14-22(28(34)25(18)31)23-15-12-20(26(32)29(23)35)10-7-17-5-8-19(9-6-17)21-13-4-16(2)24(30)27(21)33/h4,11-15,17,19H,3,5-10H2,1-2H3. The van der Waals surface area contributed by atoms with Gasteiger partial charge < -0.3 is 0 Å². The largest absolute Gasteiger partial charge is 0.203 e. The normalized spacial score (nSPS) is 18.2. The number of hydrogen-bond donors (Lipinski definition) is 0. The van der Waals surface area contributed by atoms with Crippen LogP contribution in [0, 0.1) is 47.7 Å². The molecule has 186 valence electrons. The molecule has 3 aromatic carbocycles. The van der Waals surface area contributed by atoms with Gasteiger partial charge in [0.2, 0.25) is 0 Å². The van der Waals surface area contributed by atoms with Gasteiger partial charge in [0.05, 0.1) is 0 Å². The molecule has 0 atom stereocenters. The van der Waals surface area contributed by atoms with Gasteiger partial charge in [0.1, 0.15) is 0 Å². The summed E-state index contributed by atoms with van der Waals surface area (Å²) >= 11 is 0. The molecule has 0 N–H and O–H groups in total. The second-order valence-corrected chi connectivity index (χ2v) is 9.51. The molecule has 1 fully saturated rings. The van der Waals surface area contributed by atoms with Gasteiger partial charge in [-0.15, -0.1) is 0 Å². The molecule has 6 heteroatoms.